The maximum Gasteiger partial charge on any atom is 0.251 e. The molecule has 2 aromatic rings. The van der Waals surface area contributed by atoms with E-state index >= 15 is 0 Å². The minimum Gasteiger partial charge on any atom is -0.356 e. The van der Waals surface area contributed by atoms with Gasteiger partial charge in [-0.3, -0.25) is 9.59 Å². The van der Waals surface area contributed by atoms with Gasteiger partial charge in [0.05, 0.1) is 6.04 Å². The molecule has 1 N–H and O–H groups in total. The first-order valence-electron chi connectivity index (χ1n) is 9.03. The zero-order chi connectivity index (χ0) is 17.9. The molecule has 0 spiro atoms. The summed E-state index contributed by atoms with van der Waals surface area (Å²) in [6.07, 6.45) is 1.29. The van der Waals surface area contributed by atoms with Crippen LogP contribution >= 0.6 is 0 Å². The monoisotopic (exact) mass is 350 g/mol. The molecule has 2 amide bonds. The maximum atomic E-state index is 12.9. The van der Waals surface area contributed by atoms with Gasteiger partial charge in [-0.25, -0.2) is 0 Å². The van der Waals surface area contributed by atoms with Crippen molar-refractivity contribution in [3.8, 4) is 0 Å². The Bertz CT molecular complexity index is 774. The van der Waals surface area contributed by atoms with E-state index in [2.05, 4.69) is 5.32 Å². The molecule has 26 heavy (non-hydrogen) atoms. The van der Waals surface area contributed by atoms with E-state index < -0.39 is 6.10 Å². The number of ether oxygens (including phenoxy) is 1. The number of nitrogens with one attached hydrogen (secondary N) is 1. The quantitative estimate of drug-likeness (QED) is 0.901. The summed E-state index contributed by atoms with van der Waals surface area (Å²) in [7, 11) is 0. The van der Waals surface area contributed by atoms with Crippen LogP contribution in [0.2, 0.25) is 0 Å². The summed E-state index contributed by atoms with van der Waals surface area (Å²) in [4.78, 5) is 27.2. The van der Waals surface area contributed by atoms with E-state index in [4.69, 9.17) is 4.74 Å². The van der Waals surface area contributed by atoms with Gasteiger partial charge in [-0.1, -0.05) is 60.7 Å². The standard InChI is InChI=1S/C21H22N2O3/c24-18-14-26-20(21(25)22-13-15-7-3-1-4-8-15)19(23(18)17-11-12-17)16-9-5-2-6-10-16/h1-10,17,19-20H,11-14H2,(H,22,25)/t19-,20+/m0/s1. The van der Waals surface area contributed by atoms with Crippen LogP contribution < -0.4 is 5.32 Å². The van der Waals surface area contributed by atoms with Crippen LogP contribution in [0.15, 0.2) is 60.7 Å². The fraction of sp³-hybridized carbons (Fsp3) is 0.333. The number of morpholine rings is 1. The first-order valence-corrected chi connectivity index (χ1v) is 9.03. The summed E-state index contributed by atoms with van der Waals surface area (Å²) >= 11 is 0. The zero-order valence-corrected chi connectivity index (χ0v) is 14.5. The van der Waals surface area contributed by atoms with Gasteiger partial charge >= 0.3 is 0 Å². The normalized spacial score (nSPS) is 22.9. The Kier molecular flexibility index (Phi) is 4.71. The van der Waals surface area contributed by atoms with Gasteiger partial charge in [0.1, 0.15) is 6.61 Å². The van der Waals surface area contributed by atoms with Crippen LogP contribution in [0.1, 0.15) is 30.0 Å². The molecule has 4 rings (SSSR count). The first-order chi connectivity index (χ1) is 12.7. The van der Waals surface area contributed by atoms with Gasteiger partial charge in [-0.15, -0.1) is 0 Å². The predicted molar refractivity (Wildman–Crippen MR) is 97.1 cm³/mol. The number of nitrogens with zero attached hydrogens (tertiary/aromatic N) is 1. The maximum absolute atomic E-state index is 12.9. The van der Waals surface area contributed by atoms with E-state index in [-0.39, 0.29) is 30.5 Å². The molecule has 5 nitrogen and oxygen atoms in total. The number of carbonyl (C=O) groups is 2. The van der Waals surface area contributed by atoms with E-state index in [1.165, 1.54) is 0 Å². The average Bonchev–Trinajstić information content (AvgIpc) is 3.52. The highest BCUT2D eigenvalue weighted by Gasteiger charge is 2.47. The minimum absolute atomic E-state index is 0.0338. The Balaban J connectivity index is 1.56. The van der Waals surface area contributed by atoms with Gasteiger partial charge in [0, 0.05) is 12.6 Å². The third kappa shape index (κ3) is 3.48. The lowest BCUT2D eigenvalue weighted by atomic mass is 9.96. The molecule has 1 aliphatic heterocycles. The molecule has 0 aromatic heterocycles. The Labute approximate surface area is 153 Å². The van der Waals surface area contributed by atoms with E-state index in [0.717, 1.165) is 24.0 Å². The largest absolute Gasteiger partial charge is 0.356 e. The van der Waals surface area contributed by atoms with Crippen molar-refractivity contribution < 1.29 is 14.3 Å². The molecule has 2 atom stereocenters. The molecule has 0 bridgehead atoms. The smallest absolute Gasteiger partial charge is 0.251 e. The highest BCUT2D eigenvalue weighted by molar-refractivity contribution is 5.86. The number of hydrogen-bond donors (Lipinski definition) is 1. The Morgan fingerprint density at radius 3 is 2.35 bits per heavy atom. The number of carbonyl (C=O) groups excluding carboxylic acids is 2. The molecular formula is C21H22N2O3. The molecule has 1 aliphatic carbocycles. The molecule has 0 radical (unpaired) electrons. The van der Waals surface area contributed by atoms with Crippen LogP contribution in [0.3, 0.4) is 0 Å². The molecule has 0 unspecified atom stereocenters. The van der Waals surface area contributed by atoms with Gasteiger partial charge in [0.25, 0.3) is 5.91 Å². The van der Waals surface area contributed by atoms with Crippen LogP contribution in [0.4, 0.5) is 0 Å². The molecule has 2 fully saturated rings. The molecule has 2 aromatic carbocycles. The van der Waals surface area contributed by atoms with E-state index in [9.17, 15) is 9.59 Å². The summed E-state index contributed by atoms with van der Waals surface area (Å²) in [5, 5.41) is 2.96. The summed E-state index contributed by atoms with van der Waals surface area (Å²) in [6.45, 7) is 0.404. The number of benzene rings is 2. The van der Waals surface area contributed by atoms with Gasteiger partial charge in [0.2, 0.25) is 5.91 Å². The lowest BCUT2D eigenvalue weighted by molar-refractivity contribution is -0.165. The van der Waals surface area contributed by atoms with E-state index in [1.807, 2.05) is 65.6 Å². The molecule has 5 heteroatoms. The summed E-state index contributed by atoms with van der Waals surface area (Å²) in [6, 6.07) is 19.3. The molecule has 1 saturated heterocycles. The summed E-state index contributed by atoms with van der Waals surface area (Å²) in [5.74, 6) is -0.214. The van der Waals surface area contributed by atoms with Crippen LogP contribution in [0.25, 0.3) is 0 Å². The third-order valence-corrected chi connectivity index (χ3v) is 4.91. The number of rotatable bonds is 5. The second-order valence-electron chi connectivity index (χ2n) is 6.82. The average molecular weight is 350 g/mol. The van der Waals surface area contributed by atoms with Gasteiger partial charge in [-0.2, -0.15) is 0 Å². The highest BCUT2D eigenvalue weighted by atomic mass is 16.5. The highest BCUT2D eigenvalue weighted by Crippen LogP contribution is 2.39. The van der Waals surface area contributed by atoms with Crippen molar-refractivity contribution in [3.05, 3.63) is 71.8 Å². The van der Waals surface area contributed by atoms with Crippen LogP contribution in [0, 0.1) is 0 Å². The topological polar surface area (TPSA) is 58.6 Å². The molecule has 1 saturated carbocycles. The lowest BCUT2D eigenvalue weighted by Crippen LogP contribution is -2.55. The van der Waals surface area contributed by atoms with Gasteiger partial charge in [0.15, 0.2) is 6.10 Å². The fourth-order valence-electron chi connectivity index (χ4n) is 3.50. The zero-order valence-electron chi connectivity index (χ0n) is 14.5. The SMILES string of the molecule is O=C(NCc1ccccc1)[C@@H]1OCC(=O)N(C2CC2)[C@H]1c1ccccc1. The van der Waals surface area contributed by atoms with Gasteiger partial charge < -0.3 is 15.0 Å². The Morgan fingerprint density at radius 1 is 1.04 bits per heavy atom. The van der Waals surface area contributed by atoms with Crippen molar-refractivity contribution in [2.24, 2.45) is 0 Å². The van der Waals surface area contributed by atoms with Crippen LogP contribution in [-0.2, 0) is 20.9 Å². The van der Waals surface area contributed by atoms with Crippen molar-refractivity contribution in [3.63, 3.8) is 0 Å². The van der Waals surface area contributed by atoms with Gasteiger partial charge in [-0.05, 0) is 24.0 Å². The molecule has 2 aliphatic rings. The van der Waals surface area contributed by atoms with Crippen LogP contribution in [-0.4, -0.2) is 35.5 Å². The first kappa shape index (κ1) is 16.8. The predicted octanol–water partition coefficient (Wildman–Crippen LogP) is 2.43. The lowest BCUT2D eigenvalue weighted by Gasteiger charge is -2.40. The third-order valence-electron chi connectivity index (χ3n) is 4.91. The van der Waals surface area contributed by atoms with Crippen molar-refractivity contribution in [2.75, 3.05) is 6.61 Å². The van der Waals surface area contributed by atoms with Crippen molar-refractivity contribution in [1.29, 1.82) is 0 Å². The van der Waals surface area contributed by atoms with E-state index in [0.29, 0.717) is 6.54 Å². The number of hydrogen-bond acceptors (Lipinski definition) is 3. The van der Waals surface area contributed by atoms with Crippen LogP contribution in [0.5, 0.6) is 0 Å². The Morgan fingerprint density at radius 2 is 1.69 bits per heavy atom. The second kappa shape index (κ2) is 7.30. The Hall–Kier alpha value is -2.66. The van der Waals surface area contributed by atoms with Crippen molar-refractivity contribution in [2.45, 2.75) is 37.6 Å². The fourth-order valence-corrected chi connectivity index (χ4v) is 3.50. The van der Waals surface area contributed by atoms with Crippen molar-refractivity contribution >= 4 is 11.8 Å². The molecular weight excluding hydrogens is 328 g/mol. The summed E-state index contributed by atoms with van der Waals surface area (Å²) in [5.41, 5.74) is 1.97. The summed E-state index contributed by atoms with van der Waals surface area (Å²) < 4.78 is 5.71. The second-order valence-corrected chi connectivity index (χ2v) is 6.82. The minimum atomic E-state index is -0.695. The van der Waals surface area contributed by atoms with E-state index in [1.54, 1.807) is 0 Å². The molecule has 134 valence electrons. The number of amides is 2. The van der Waals surface area contributed by atoms with Crippen molar-refractivity contribution in [1.82, 2.24) is 10.2 Å². The molecule has 1 heterocycles.